The number of fused-ring (bicyclic) bond motifs is 2. The molecule has 0 spiro atoms. The minimum Gasteiger partial charge on any atom is -0.492 e. The minimum absolute atomic E-state index is 0.0786. The molecule has 0 bridgehead atoms. The first-order valence-electron chi connectivity index (χ1n) is 18.5. The number of aromatic amines is 1. The molecule has 0 aliphatic carbocycles. The first-order valence-corrected chi connectivity index (χ1v) is 18.5. The van der Waals surface area contributed by atoms with E-state index in [0.717, 1.165) is 65.7 Å². The number of H-pyrrole nitrogens is 1. The van der Waals surface area contributed by atoms with Gasteiger partial charge in [-0.15, -0.1) is 0 Å². The third-order valence-electron chi connectivity index (χ3n) is 10.6. The van der Waals surface area contributed by atoms with Crippen LogP contribution in [0.25, 0.3) is 28.0 Å². The van der Waals surface area contributed by atoms with Crippen molar-refractivity contribution in [3.05, 3.63) is 83.8 Å². The molecule has 1 unspecified atom stereocenters. The highest BCUT2D eigenvalue weighted by Crippen LogP contribution is 2.34. The number of piperidine rings is 1. The topological polar surface area (TPSA) is 201 Å². The van der Waals surface area contributed by atoms with Crippen LogP contribution in [0, 0.1) is 0 Å². The van der Waals surface area contributed by atoms with E-state index in [0.29, 0.717) is 29.3 Å². The van der Waals surface area contributed by atoms with Gasteiger partial charge in [-0.2, -0.15) is 5.10 Å². The summed E-state index contributed by atoms with van der Waals surface area (Å²) in [6.45, 7) is 10.5. The molecule has 1 atom stereocenters. The van der Waals surface area contributed by atoms with Crippen molar-refractivity contribution in [2.24, 2.45) is 5.73 Å². The zero-order valence-corrected chi connectivity index (χ0v) is 31.3. The molecule has 5 N–H and O–H groups in total. The fourth-order valence-electron chi connectivity index (χ4n) is 7.45. The van der Waals surface area contributed by atoms with E-state index in [-0.39, 0.29) is 29.4 Å². The van der Waals surface area contributed by atoms with E-state index in [9.17, 15) is 24.0 Å². The molecule has 0 radical (unpaired) electrons. The lowest BCUT2D eigenvalue weighted by molar-refractivity contribution is -0.136. The molecule has 5 heterocycles. The summed E-state index contributed by atoms with van der Waals surface area (Å²) in [4.78, 5) is 72.3. The summed E-state index contributed by atoms with van der Waals surface area (Å²) < 4.78 is 8.13. The summed E-state index contributed by atoms with van der Waals surface area (Å²) in [5, 5.41) is 12.6. The van der Waals surface area contributed by atoms with Crippen molar-refractivity contribution in [2.75, 3.05) is 49.5 Å². The number of primary amides is 1. The summed E-state index contributed by atoms with van der Waals surface area (Å²) in [5.74, 6) is -1.34. The van der Waals surface area contributed by atoms with Gasteiger partial charge >= 0.3 is 6.03 Å². The monoisotopic (exact) mass is 758 g/mol. The molecular weight excluding hydrogens is 717 g/mol. The SMILES string of the molecule is CC(C)(C)c1cc(-c2cc(-n3cnc4cc(OCCN5CCN(c6ccc7c(c6)C(=O)N(C6CCC(=O)NC6=O)C7=O)CC5)ccc43)ccc2NC(N)=O)n[nH]1. The van der Waals surface area contributed by atoms with Gasteiger partial charge in [0.1, 0.15) is 24.7 Å². The number of anilines is 2. The molecule has 288 valence electrons. The van der Waals surface area contributed by atoms with Gasteiger partial charge in [-0.3, -0.25) is 44.0 Å². The molecule has 0 saturated carbocycles. The second kappa shape index (κ2) is 14.3. The normalized spacial score (nSPS) is 17.7. The number of carbonyl (C=O) groups excluding carboxylic acids is 5. The van der Waals surface area contributed by atoms with Gasteiger partial charge in [0.05, 0.1) is 33.5 Å². The van der Waals surface area contributed by atoms with E-state index in [1.165, 1.54) is 0 Å². The number of nitrogens with one attached hydrogen (secondary N) is 3. The van der Waals surface area contributed by atoms with Crippen molar-refractivity contribution in [3.8, 4) is 22.7 Å². The van der Waals surface area contributed by atoms with E-state index in [2.05, 4.69) is 56.4 Å². The largest absolute Gasteiger partial charge is 0.492 e. The molecule has 6 amide bonds. The van der Waals surface area contributed by atoms with Crippen LogP contribution in [-0.4, -0.2) is 105 Å². The van der Waals surface area contributed by atoms with Crippen molar-refractivity contribution in [1.29, 1.82) is 0 Å². The Labute approximate surface area is 322 Å². The molecule has 8 rings (SSSR count). The number of aromatic nitrogens is 4. The van der Waals surface area contributed by atoms with Crippen LogP contribution in [0.1, 0.15) is 60.0 Å². The van der Waals surface area contributed by atoms with Crippen LogP contribution in [0.2, 0.25) is 0 Å². The molecule has 2 fully saturated rings. The number of nitrogens with zero attached hydrogens (tertiary/aromatic N) is 6. The Balaban J connectivity index is 0.879. The van der Waals surface area contributed by atoms with Gasteiger partial charge < -0.3 is 20.7 Å². The highest BCUT2D eigenvalue weighted by atomic mass is 16.5. The lowest BCUT2D eigenvalue weighted by Crippen LogP contribution is -2.54. The number of imide groups is 2. The van der Waals surface area contributed by atoms with Crippen molar-refractivity contribution in [2.45, 2.75) is 45.1 Å². The van der Waals surface area contributed by atoms with E-state index in [1.54, 1.807) is 24.5 Å². The van der Waals surface area contributed by atoms with E-state index in [1.807, 2.05) is 47.0 Å². The fraction of sp³-hybridized carbons (Fsp3) is 0.325. The van der Waals surface area contributed by atoms with Gasteiger partial charge in [0, 0.05) is 73.3 Å². The zero-order chi connectivity index (χ0) is 39.3. The molecule has 5 aromatic rings. The van der Waals surface area contributed by atoms with Gasteiger partial charge in [0.25, 0.3) is 11.8 Å². The Morgan fingerprint density at radius 2 is 1.66 bits per heavy atom. The lowest BCUT2D eigenvalue weighted by atomic mass is 9.92. The van der Waals surface area contributed by atoms with E-state index >= 15 is 0 Å². The smallest absolute Gasteiger partial charge is 0.316 e. The van der Waals surface area contributed by atoms with Crippen LogP contribution in [-0.2, 0) is 15.0 Å². The summed E-state index contributed by atoms with van der Waals surface area (Å²) in [7, 11) is 0. The quantitative estimate of drug-likeness (QED) is 0.160. The molecule has 56 heavy (non-hydrogen) atoms. The van der Waals surface area contributed by atoms with Gasteiger partial charge in [0.15, 0.2) is 0 Å². The Bertz CT molecular complexity index is 2400. The van der Waals surface area contributed by atoms with E-state index in [4.69, 9.17) is 10.5 Å². The number of benzene rings is 3. The molecule has 3 aliphatic heterocycles. The minimum atomic E-state index is -0.990. The maximum atomic E-state index is 13.3. The molecule has 3 aromatic carbocycles. The third kappa shape index (κ3) is 6.94. The van der Waals surface area contributed by atoms with Crippen LogP contribution in [0.5, 0.6) is 5.75 Å². The number of ether oxygens (including phenoxy) is 1. The van der Waals surface area contributed by atoms with Crippen LogP contribution >= 0.6 is 0 Å². The fourth-order valence-corrected chi connectivity index (χ4v) is 7.45. The molecule has 3 aliphatic rings. The highest BCUT2D eigenvalue weighted by molar-refractivity contribution is 6.23. The number of imidazole rings is 1. The standard InChI is InChI=1S/C40H42N10O6/c1-40(2,3)34-21-30(45-46-34)28-19-24(5-8-29(28)43-39(41)55)49-22-42-31-20-25(6-9-32(31)49)56-17-16-47-12-14-48(15-13-47)23-4-7-26-27(18-23)38(54)50(37(26)53)33-10-11-35(51)44-36(33)52/h4-9,18-22,33H,10-17H2,1-3H3,(H,45,46)(H3,41,43,55)(H,44,51,52). The predicted octanol–water partition coefficient (Wildman–Crippen LogP) is 3.81. The summed E-state index contributed by atoms with van der Waals surface area (Å²) in [6.07, 6.45) is 1.95. The van der Waals surface area contributed by atoms with Crippen molar-refractivity contribution < 1.29 is 28.7 Å². The second-order valence-electron chi connectivity index (χ2n) is 15.3. The number of piperazine rings is 1. The number of hydrogen-bond donors (Lipinski definition) is 4. The van der Waals surface area contributed by atoms with Crippen LogP contribution < -0.4 is 26.0 Å². The average Bonchev–Trinajstić information content (AvgIpc) is 3.89. The Morgan fingerprint density at radius 1 is 0.911 bits per heavy atom. The molecular formula is C40H42N10O6. The summed E-state index contributed by atoms with van der Waals surface area (Å²) in [5.41, 5.74) is 12.1. The number of hydrogen-bond acceptors (Lipinski definition) is 10. The number of amides is 6. The first-order chi connectivity index (χ1) is 26.8. The Morgan fingerprint density at radius 3 is 2.39 bits per heavy atom. The molecule has 16 heteroatoms. The number of rotatable bonds is 9. The maximum absolute atomic E-state index is 13.3. The second-order valence-corrected chi connectivity index (χ2v) is 15.3. The van der Waals surface area contributed by atoms with E-state index < -0.39 is 35.7 Å². The number of nitrogens with two attached hydrogens (primary N) is 1. The summed E-state index contributed by atoms with van der Waals surface area (Å²) >= 11 is 0. The number of carbonyl (C=O) groups is 5. The van der Waals surface area contributed by atoms with Crippen molar-refractivity contribution in [3.63, 3.8) is 0 Å². The van der Waals surface area contributed by atoms with Crippen LogP contribution in [0.15, 0.2) is 67.0 Å². The van der Waals surface area contributed by atoms with Gasteiger partial charge in [-0.05, 0) is 61.0 Å². The summed E-state index contributed by atoms with van der Waals surface area (Å²) in [6, 6.07) is 17.0. The van der Waals surface area contributed by atoms with Gasteiger partial charge in [-0.25, -0.2) is 9.78 Å². The maximum Gasteiger partial charge on any atom is 0.316 e. The zero-order valence-electron chi connectivity index (χ0n) is 31.3. The lowest BCUT2D eigenvalue weighted by Gasteiger charge is -2.36. The first kappa shape index (κ1) is 36.4. The van der Waals surface area contributed by atoms with Crippen LogP contribution in [0.4, 0.5) is 16.2 Å². The molecule has 2 aromatic heterocycles. The van der Waals surface area contributed by atoms with Crippen molar-refractivity contribution in [1.82, 2.24) is 34.9 Å². The number of urea groups is 1. The van der Waals surface area contributed by atoms with Crippen molar-refractivity contribution >= 4 is 52.1 Å². The van der Waals surface area contributed by atoms with Crippen LogP contribution in [0.3, 0.4) is 0 Å². The third-order valence-corrected chi connectivity index (χ3v) is 10.6. The van der Waals surface area contributed by atoms with Gasteiger partial charge in [-0.1, -0.05) is 20.8 Å². The molecule has 2 saturated heterocycles. The predicted molar refractivity (Wildman–Crippen MR) is 208 cm³/mol. The Hall–Kier alpha value is -6.55. The van der Waals surface area contributed by atoms with Gasteiger partial charge in [0.2, 0.25) is 11.8 Å². The average molecular weight is 759 g/mol. The molecule has 16 nitrogen and oxygen atoms in total. The Kier molecular flexibility index (Phi) is 9.28. The highest BCUT2D eigenvalue weighted by Gasteiger charge is 2.44.